The van der Waals surface area contributed by atoms with Gasteiger partial charge in [-0.1, -0.05) is 6.07 Å². The van der Waals surface area contributed by atoms with E-state index in [2.05, 4.69) is 28.1 Å². The van der Waals surface area contributed by atoms with Crippen molar-refractivity contribution in [3.8, 4) is 0 Å². The Morgan fingerprint density at radius 1 is 1.44 bits per heavy atom. The van der Waals surface area contributed by atoms with Gasteiger partial charge in [-0.3, -0.25) is 4.79 Å². The van der Waals surface area contributed by atoms with Gasteiger partial charge in [0.05, 0.1) is 0 Å². The molecule has 18 heavy (non-hydrogen) atoms. The number of piperidine rings is 1. The van der Waals surface area contributed by atoms with Crippen molar-refractivity contribution in [3.63, 3.8) is 0 Å². The molecule has 4 heteroatoms. The lowest BCUT2D eigenvalue weighted by molar-refractivity contribution is -0.121. The summed E-state index contributed by atoms with van der Waals surface area (Å²) in [5, 5.41) is 8.44. The van der Waals surface area contributed by atoms with Crippen LogP contribution in [0.1, 0.15) is 30.6 Å². The summed E-state index contributed by atoms with van der Waals surface area (Å²) in [6.45, 7) is 3.00. The minimum atomic E-state index is 0.213. The maximum absolute atomic E-state index is 11.7. The van der Waals surface area contributed by atoms with E-state index in [1.165, 1.54) is 17.7 Å². The average Bonchev–Trinajstić information content (AvgIpc) is 2.91. The monoisotopic (exact) mass is 266 g/mol. The Labute approximate surface area is 113 Å². The zero-order valence-electron chi connectivity index (χ0n) is 10.8. The van der Waals surface area contributed by atoms with Crippen LogP contribution in [0.2, 0.25) is 0 Å². The van der Waals surface area contributed by atoms with Crippen molar-refractivity contribution < 1.29 is 4.79 Å². The minimum Gasteiger partial charge on any atom is -0.356 e. The zero-order valence-corrected chi connectivity index (χ0v) is 11.6. The lowest BCUT2D eigenvalue weighted by atomic mass is 9.93. The van der Waals surface area contributed by atoms with Crippen LogP contribution in [0.15, 0.2) is 17.5 Å². The van der Waals surface area contributed by atoms with Gasteiger partial charge < -0.3 is 10.6 Å². The first-order valence-corrected chi connectivity index (χ1v) is 7.72. The summed E-state index contributed by atoms with van der Waals surface area (Å²) >= 11 is 1.75. The van der Waals surface area contributed by atoms with Crippen molar-refractivity contribution in [3.05, 3.63) is 22.4 Å². The number of nitrogens with one attached hydrogen (secondary N) is 2. The van der Waals surface area contributed by atoms with E-state index in [1.54, 1.807) is 11.3 Å². The highest BCUT2D eigenvalue weighted by atomic mass is 32.1. The number of hydrogen-bond donors (Lipinski definition) is 2. The molecule has 0 saturated carbocycles. The molecule has 1 amide bonds. The summed E-state index contributed by atoms with van der Waals surface area (Å²) in [7, 11) is 0. The van der Waals surface area contributed by atoms with Crippen molar-refractivity contribution in [2.45, 2.75) is 32.1 Å². The molecule has 0 unspecified atom stereocenters. The van der Waals surface area contributed by atoms with E-state index in [-0.39, 0.29) is 5.91 Å². The first kappa shape index (κ1) is 13.6. The second kappa shape index (κ2) is 7.54. The third-order valence-corrected chi connectivity index (χ3v) is 4.45. The molecule has 1 aromatic rings. The fourth-order valence-corrected chi connectivity index (χ4v) is 3.08. The van der Waals surface area contributed by atoms with Crippen LogP contribution in [0.5, 0.6) is 0 Å². The van der Waals surface area contributed by atoms with Gasteiger partial charge in [0.15, 0.2) is 0 Å². The summed E-state index contributed by atoms with van der Waals surface area (Å²) < 4.78 is 0. The number of carbonyl (C=O) groups excluding carboxylic acids is 1. The Hall–Kier alpha value is -0.870. The fourth-order valence-electron chi connectivity index (χ4n) is 2.37. The normalized spacial score (nSPS) is 16.7. The zero-order chi connectivity index (χ0) is 12.6. The molecule has 2 N–H and O–H groups in total. The second-order valence-electron chi connectivity index (χ2n) is 4.91. The van der Waals surface area contributed by atoms with Gasteiger partial charge in [0.1, 0.15) is 0 Å². The summed E-state index contributed by atoms with van der Waals surface area (Å²) in [5.74, 6) is 0.958. The molecule has 0 aliphatic carbocycles. The van der Waals surface area contributed by atoms with Crippen molar-refractivity contribution in [2.75, 3.05) is 19.6 Å². The van der Waals surface area contributed by atoms with Crippen molar-refractivity contribution in [2.24, 2.45) is 5.92 Å². The second-order valence-corrected chi connectivity index (χ2v) is 5.94. The van der Waals surface area contributed by atoms with Gasteiger partial charge in [0.2, 0.25) is 5.91 Å². The topological polar surface area (TPSA) is 41.1 Å². The maximum atomic E-state index is 11.7. The molecule has 100 valence electrons. The molecular formula is C14H22N2OS. The van der Waals surface area contributed by atoms with E-state index in [0.717, 1.165) is 38.4 Å². The van der Waals surface area contributed by atoms with Crippen LogP contribution in [0, 0.1) is 5.92 Å². The predicted molar refractivity (Wildman–Crippen MR) is 75.9 cm³/mol. The van der Waals surface area contributed by atoms with E-state index >= 15 is 0 Å². The SMILES string of the molecule is O=C(CCC1CCNCC1)NCCc1cccs1. The summed E-state index contributed by atoms with van der Waals surface area (Å²) in [6, 6.07) is 4.17. The lowest BCUT2D eigenvalue weighted by Crippen LogP contribution is -2.30. The highest BCUT2D eigenvalue weighted by Gasteiger charge is 2.14. The number of carbonyl (C=O) groups is 1. The van der Waals surface area contributed by atoms with Crippen LogP contribution in [-0.2, 0) is 11.2 Å². The van der Waals surface area contributed by atoms with Crippen LogP contribution in [0.25, 0.3) is 0 Å². The number of amides is 1. The number of thiophene rings is 1. The highest BCUT2D eigenvalue weighted by Crippen LogP contribution is 2.17. The van der Waals surface area contributed by atoms with Crippen molar-refractivity contribution in [1.29, 1.82) is 0 Å². The molecule has 1 saturated heterocycles. The van der Waals surface area contributed by atoms with E-state index in [9.17, 15) is 4.79 Å². The molecule has 1 fully saturated rings. The first-order valence-electron chi connectivity index (χ1n) is 6.84. The molecular weight excluding hydrogens is 244 g/mol. The third kappa shape index (κ3) is 4.78. The minimum absolute atomic E-state index is 0.213. The smallest absolute Gasteiger partial charge is 0.220 e. The summed E-state index contributed by atoms with van der Waals surface area (Å²) in [4.78, 5) is 13.0. The van der Waals surface area contributed by atoms with Gasteiger partial charge in [-0.15, -0.1) is 11.3 Å². The molecule has 1 aliphatic heterocycles. The van der Waals surface area contributed by atoms with Gasteiger partial charge in [-0.2, -0.15) is 0 Å². The number of hydrogen-bond acceptors (Lipinski definition) is 3. The quantitative estimate of drug-likeness (QED) is 0.828. The van der Waals surface area contributed by atoms with E-state index in [4.69, 9.17) is 0 Å². The molecule has 0 spiro atoms. The van der Waals surface area contributed by atoms with E-state index in [0.29, 0.717) is 6.42 Å². The van der Waals surface area contributed by atoms with Crippen LogP contribution in [-0.4, -0.2) is 25.5 Å². The molecule has 2 heterocycles. The van der Waals surface area contributed by atoms with Gasteiger partial charge >= 0.3 is 0 Å². The molecule has 0 radical (unpaired) electrons. The van der Waals surface area contributed by atoms with E-state index < -0.39 is 0 Å². The molecule has 0 bridgehead atoms. The molecule has 0 atom stereocenters. The number of rotatable bonds is 6. The molecule has 2 rings (SSSR count). The van der Waals surface area contributed by atoms with Crippen LogP contribution >= 0.6 is 11.3 Å². The fraction of sp³-hybridized carbons (Fsp3) is 0.643. The van der Waals surface area contributed by atoms with Crippen LogP contribution in [0.3, 0.4) is 0 Å². The van der Waals surface area contributed by atoms with Gasteiger partial charge in [-0.25, -0.2) is 0 Å². The Kier molecular flexibility index (Phi) is 5.68. The summed E-state index contributed by atoms with van der Waals surface area (Å²) in [6.07, 6.45) is 5.14. The van der Waals surface area contributed by atoms with E-state index in [1.807, 2.05) is 0 Å². The predicted octanol–water partition coefficient (Wildman–Crippen LogP) is 2.19. The van der Waals surface area contributed by atoms with Crippen LogP contribution < -0.4 is 10.6 Å². The maximum Gasteiger partial charge on any atom is 0.220 e. The Morgan fingerprint density at radius 3 is 3.00 bits per heavy atom. The Bertz CT molecular complexity index is 345. The van der Waals surface area contributed by atoms with Gasteiger partial charge in [0.25, 0.3) is 0 Å². The lowest BCUT2D eigenvalue weighted by Gasteiger charge is -2.22. The Balaban J connectivity index is 1.54. The Morgan fingerprint density at radius 2 is 2.28 bits per heavy atom. The van der Waals surface area contributed by atoms with Gasteiger partial charge in [-0.05, 0) is 56.1 Å². The molecule has 0 aromatic carbocycles. The van der Waals surface area contributed by atoms with Crippen LogP contribution in [0.4, 0.5) is 0 Å². The first-order chi connectivity index (χ1) is 8.84. The highest BCUT2D eigenvalue weighted by molar-refractivity contribution is 7.09. The molecule has 1 aromatic heterocycles. The average molecular weight is 266 g/mol. The summed E-state index contributed by atoms with van der Waals surface area (Å²) in [5.41, 5.74) is 0. The molecule has 3 nitrogen and oxygen atoms in total. The largest absolute Gasteiger partial charge is 0.356 e. The molecule has 1 aliphatic rings. The third-order valence-electron chi connectivity index (χ3n) is 3.51. The van der Waals surface area contributed by atoms with Gasteiger partial charge in [0, 0.05) is 17.8 Å². The van der Waals surface area contributed by atoms with Crippen molar-refractivity contribution >= 4 is 17.2 Å². The van der Waals surface area contributed by atoms with Crippen molar-refractivity contribution in [1.82, 2.24) is 10.6 Å². The standard InChI is InChI=1S/C14H22N2OS/c17-14(4-3-12-5-8-15-9-6-12)16-10-7-13-2-1-11-18-13/h1-2,11-12,15H,3-10H2,(H,16,17).